The van der Waals surface area contributed by atoms with Crippen LogP contribution in [0.3, 0.4) is 0 Å². The first kappa shape index (κ1) is 22.3. The molecule has 1 saturated heterocycles. The summed E-state index contributed by atoms with van der Waals surface area (Å²) < 4.78 is 0. The van der Waals surface area contributed by atoms with Gasteiger partial charge in [-0.25, -0.2) is 0 Å². The molecule has 6 heteroatoms. The number of carbonyl (C=O) groups is 2. The lowest BCUT2D eigenvalue weighted by molar-refractivity contribution is -0.137. The highest BCUT2D eigenvalue weighted by Gasteiger charge is 2.27. The SMILES string of the molecule is Cc1cc(CC(O)CC[C@H]2CCCC(=O)N2CCCCCCC(=O)O)ccn1. The maximum Gasteiger partial charge on any atom is 0.303 e. The summed E-state index contributed by atoms with van der Waals surface area (Å²) in [6.45, 7) is 2.69. The molecule has 1 aromatic heterocycles. The van der Waals surface area contributed by atoms with Crippen LogP contribution in [0.1, 0.15) is 75.5 Å². The Morgan fingerprint density at radius 3 is 2.86 bits per heavy atom. The standard InChI is InChI=1S/C22H34N2O4/c1-17-15-18(12-13-23-17)16-20(25)11-10-19-7-6-8-21(26)24(19)14-5-3-2-4-9-22(27)28/h12-13,15,19-20,25H,2-11,14,16H2,1H3,(H,27,28)/t19-,20?/m1/s1. The molecule has 1 amide bonds. The van der Waals surface area contributed by atoms with Crippen LogP contribution in [0.15, 0.2) is 18.3 Å². The highest BCUT2D eigenvalue weighted by atomic mass is 16.4. The summed E-state index contributed by atoms with van der Waals surface area (Å²) in [6.07, 6.45) is 9.74. The number of nitrogens with zero attached hydrogens (tertiary/aromatic N) is 2. The molecule has 2 N–H and O–H groups in total. The molecule has 2 rings (SSSR count). The number of pyridine rings is 1. The molecule has 1 aliphatic heterocycles. The lowest BCUT2D eigenvalue weighted by Crippen LogP contribution is -2.44. The highest BCUT2D eigenvalue weighted by molar-refractivity contribution is 5.77. The Labute approximate surface area is 168 Å². The Balaban J connectivity index is 1.74. The zero-order valence-electron chi connectivity index (χ0n) is 17.0. The summed E-state index contributed by atoms with van der Waals surface area (Å²) in [6, 6.07) is 4.16. The van der Waals surface area contributed by atoms with Gasteiger partial charge in [-0.1, -0.05) is 12.8 Å². The number of likely N-dealkylation sites (tertiary alicyclic amines) is 1. The van der Waals surface area contributed by atoms with Crippen molar-refractivity contribution in [1.82, 2.24) is 9.88 Å². The number of carboxylic acids is 1. The van der Waals surface area contributed by atoms with Crippen LogP contribution in [-0.2, 0) is 16.0 Å². The van der Waals surface area contributed by atoms with E-state index in [1.807, 2.05) is 24.0 Å². The van der Waals surface area contributed by atoms with Crippen molar-refractivity contribution in [2.75, 3.05) is 6.54 Å². The predicted molar refractivity (Wildman–Crippen MR) is 108 cm³/mol. The predicted octanol–water partition coefficient (Wildman–Crippen LogP) is 3.49. The first-order valence-corrected chi connectivity index (χ1v) is 10.6. The minimum Gasteiger partial charge on any atom is -0.481 e. The van der Waals surface area contributed by atoms with Gasteiger partial charge in [0.2, 0.25) is 5.91 Å². The Morgan fingerprint density at radius 2 is 2.11 bits per heavy atom. The second-order valence-electron chi connectivity index (χ2n) is 7.93. The number of rotatable bonds is 12. The second-order valence-corrected chi connectivity index (χ2v) is 7.93. The zero-order valence-corrected chi connectivity index (χ0v) is 17.0. The van der Waals surface area contributed by atoms with Crippen molar-refractivity contribution in [3.05, 3.63) is 29.6 Å². The van der Waals surface area contributed by atoms with Crippen molar-refractivity contribution in [1.29, 1.82) is 0 Å². The summed E-state index contributed by atoms with van der Waals surface area (Å²) in [4.78, 5) is 29.1. The summed E-state index contributed by atoms with van der Waals surface area (Å²) in [5.74, 6) is -0.521. The van der Waals surface area contributed by atoms with Crippen molar-refractivity contribution >= 4 is 11.9 Å². The number of aryl methyl sites for hydroxylation is 1. The molecule has 6 nitrogen and oxygen atoms in total. The number of aliphatic carboxylic acids is 1. The number of aliphatic hydroxyl groups is 1. The molecule has 0 spiro atoms. The molecule has 156 valence electrons. The van der Waals surface area contributed by atoms with Crippen molar-refractivity contribution < 1.29 is 19.8 Å². The molecule has 1 fully saturated rings. The molecule has 2 heterocycles. The lowest BCUT2D eigenvalue weighted by Gasteiger charge is -2.36. The van der Waals surface area contributed by atoms with Gasteiger partial charge in [0.25, 0.3) is 0 Å². The van der Waals surface area contributed by atoms with E-state index < -0.39 is 12.1 Å². The number of hydrogen-bond acceptors (Lipinski definition) is 4. The number of hydrogen-bond donors (Lipinski definition) is 2. The van der Waals surface area contributed by atoms with Crippen LogP contribution in [0, 0.1) is 6.92 Å². The first-order chi connectivity index (χ1) is 13.5. The molecule has 28 heavy (non-hydrogen) atoms. The Kier molecular flexibility index (Phi) is 9.41. The van der Waals surface area contributed by atoms with Crippen LogP contribution < -0.4 is 0 Å². The van der Waals surface area contributed by atoms with Crippen LogP contribution in [0.2, 0.25) is 0 Å². The lowest BCUT2D eigenvalue weighted by atomic mass is 9.94. The number of carboxylic acid groups (broad SMARTS) is 1. The zero-order chi connectivity index (χ0) is 20.4. The quantitative estimate of drug-likeness (QED) is 0.533. The fourth-order valence-corrected chi connectivity index (χ4v) is 4.00. The Bertz CT molecular complexity index is 635. The summed E-state index contributed by atoms with van der Waals surface area (Å²) in [5.41, 5.74) is 2.05. The molecular weight excluding hydrogens is 356 g/mol. The largest absolute Gasteiger partial charge is 0.481 e. The van der Waals surface area contributed by atoms with Gasteiger partial charge in [-0.2, -0.15) is 0 Å². The van der Waals surface area contributed by atoms with Gasteiger partial charge in [0, 0.05) is 37.3 Å². The van der Waals surface area contributed by atoms with Gasteiger partial charge in [0.1, 0.15) is 0 Å². The van der Waals surface area contributed by atoms with E-state index >= 15 is 0 Å². The molecule has 0 aromatic carbocycles. The van der Waals surface area contributed by atoms with Crippen molar-refractivity contribution in [2.24, 2.45) is 0 Å². The number of amides is 1. The van der Waals surface area contributed by atoms with E-state index in [1.54, 1.807) is 6.20 Å². The number of aliphatic hydroxyl groups excluding tert-OH is 1. The normalized spacial score (nSPS) is 18.3. The van der Waals surface area contributed by atoms with Gasteiger partial charge < -0.3 is 15.1 Å². The van der Waals surface area contributed by atoms with Crippen molar-refractivity contribution in [3.8, 4) is 0 Å². The average molecular weight is 391 g/mol. The molecule has 1 aliphatic rings. The van der Waals surface area contributed by atoms with Gasteiger partial charge in [-0.15, -0.1) is 0 Å². The fourth-order valence-electron chi connectivity index (χ4n) is 4.00. The van der Waals surface area contributed by atoms with Crippen LogP contribution >= 0.6 is 0 Å². The van der Waals surface area contributed by atoms with E-state index in [9.17, 15) is 14.7 Å². The van der Waals surface area contributed by atoms with Crippen molar-refractivity contribution in [3.63, 3.8) is 0 Å². The molecule has 1 aromatic rings. The highest BCUT2D eigenvalue weighted by Crippen LogP contribution is 2.24. The van der Waals surface area contributed by atoms with E-state index in [0.717, 1.165) is 56.3 Å². The minimum absolute atomic E-state index is 0.217. The third-order valence-electron chi connectivity index (χ3n) is 5.49. The third kappa shape index (κ3) is 7.97. The van der Waals surface area contributed by atoms with E-state index in [0.29, 0.717) is 25.7 Å². The van der Waals surface area contributed by atoms with Crippen LogP contribution in [0.25, 0.3) is 0 Å². The molecule has 0 saturated carbocycles. The summed E-state index contributed by atoms with van der Waals surface area (Å²) in [7, 11) is 0. The smallest absolute Gasteiger partial charge is 0.303 e. The average Bonchev–Trinajstić information content (AvgIpc) is 2.64. The van der Waals surface area contributed by atoms with Gasteiger partial charge in [-0.3, -0.25) is 14.6 Å². The van der Waals surface area contributed by atoms with Crippen molar-refractivity contribution in [2.45, 2.75) is 89.7 Å². The van der Waals surface area contributed by atoms with Crippen LogP contribution in [0.4, 0.5) is 0 Å². The number of piperidine rings is 1. The topological polar surface area (TPSA) is 90.7 Å². The molecule has 0 radical (unpaired) electrons. The third-order valence-corrected chi connectivity index (χ3v) is 5.49. The fraction of sp³-hybridized carbons (Fsp3) is 0.682. The van der Waals surface area contributed by atoms with Gasteiger partial charge in [0.15, 0.2) is 0 Å². The monoisotopic (exact) mass is 390 g/mol. The molecule has 0 bridgehead atoms. The van der Waals surface area contributed by atoms with Gasteiger partial charge in [0.05, 0.1) is 6.10 Å². The number of aromatic nitrogens is 1. The maximum atomic E-state index is 12.4. The van der Waals surface area contributed by atoms with Crippen LogP contribution in [-0.4, -0.2) is 50.7 Å². The van der Waals surface area contributed by atoms with E-state index in [1.165, 1.54) is 0 Å². The molecular formula is C22H34N2O4. The first-order valence-electron chi connectivity index (χ1n) is 10.6. The Hall–Kier alpha value is -1.95. The Morgan fingerprint density at radius 1 is 1.32 bits per heavy atom. The molecule has 2 atom stereocenters. The van der Waals surface area contributed by atoms with Gasteiger partial charge in [-0.05, 0) is 69.6 Å². The van der Waals surface area contributed by atoms with E-state index in [4.69, 9.17) is 5.11 Å². The maximum absolute atomic E-state index is 12.4. The summed E-state index contributed by atoms with van der Waals surface area (Å²) >= 11 is 0. The summed E-state index contributed by atoms with van der Waals surface area (Å²) in [5, 5.41) is 19.1. The number of carbonyl (C=O) groups excluding carboxylic acids is 1. The minimum atomic E-state index is -0.744. The molecule has 1 unspecified atom stereocenters. The van der Waals surface area contributed by atoms with Crippen LogP contribution in [0.5, 0.6) is 0 Å². The van der Waals surface area contributed by atoms with E-state index in [-0.39, 0.29) is 18.4 Å². The molecule has 0 aliphatic carbocycles. The van der Waals surface area contributed by atoms with E-state index in [2.05, 4.69) is 4.98 Å². The number of unbranched alkanes of at least 4 members (excludes halogenated alkanes) is 3. The van der Waals surface area contributed by atoms with Gasteiger partial charge >= 0.3 is 5.97 Å². The second kappa shape index (κ2) is 11.8.